The molecule has 0 unspecified atom stereocenters. The van der Waals surface area contributed by atoms with Crippen LogP contribution < -0.4 is 15.2 Å². The Kier molecular flexibility index (Phi) is 5.58. The lowest BCUT2D eigenvalue weighted by Gasteiger charge is -2.09. The van der Waals surface area contributed by atoms with Gasteiger partial charge in [0.1, 0.15) is 17.3 Å². The van der Waals surface area contributed by atoms with Crippen molar-refractivity contribution in [2.75, 3.05) is 20.0 Å². The smallest absolute Gasteiger partial charge is 0.209 e. The number of benzene rings is 3. The summed E-state index contributed by atoms with van der Waals surface area (Å²) in [6, 6.07) is 21.5. The molecule has 0 radical (unpaired) electrons. The average Bonchev–Trinajstić information content (AvgIpc) is 3.49. The number of nitrogen functional groups attached to an aromatic ring is 1. The highest BCUT2D eigenvalue weighted by atomic mass is 16.5. The molecule has 0 saturated carbocycles. The zero-order chi connectivity index (χ0) is 24.5. The van der Waals surface area contributed by atoms with Crippen LogP contribution in [0.5, 0.6) is 11.5 Å². The Morgan fingerprint density at radius 1 is 0.800 bits per heavy atom. The molecule has 35 heavy (non-hydrogen) atoms. The number of nitrogens with two attached hydrogens (primary N) is 1. The van der Waals surface area contributed by atoms with Crippen LogP contribution in [0.3, 0.4) is 0 Å². The van der Waals surface area contributed by atoms with Crippen LogP contribution in [0.15, 0.2) is 79.0 Å². The molecule has 0 saturated heterocycles. The molecule has 0 amide bonds. The number of methoxy groups -OCH3 is 2. The summed E-state index contributed by atoms with van der Waals surface area (Å²) in [5, 5.41) is 0.779. The molecule has 5 rings (SSSR count). The van der Waals surface area contributed by atoms with E-state index in [-0.39, 0.29) is 28.6 Å². The summed E-state index contributed by atoms with van der Waals surface area (Å²) < 4.78 is 10.5. The van der Waals surface area contributed by atoms with Crippen LogP contribution in [0.1, 0.15) is 32.0 Å². The van der Waals surface area contributed by atoms with Crippen molar-refractivity contribution in [1.82, 2.24) is 9.97 Å². The first-order valence-electron chi connectivity index (χ1n) is 11.0. The highest BCUT2D eigenvalue weighted by Gasteiger charge is 2.29. The van der Waals surface area contributed by atoms with Crippen LogP contribution in [0.2, 0.25) is 0 Å². The predicted molar refractivity (Wildman–Crippen MR) is 135 cm³/mol. The van der Waals surface area contributed by atoms with E-state index in [1.165, 1.54) is 0 Å². The van der Waals surface area contributed by atoms with E-state index in [1.54, 1.807) is 68.9 Å². The van der Waals surface area contributed by atoms with Crippen molar-refractivity contribution in [3.63, 3.8) is 0 Å². The molecule has 3 aromatic carbocycles. The first-order chi connectivity index (χ1) is 17.0. The van der Waals surface area contributed by atoms with Crippen LogP contribution in [-0.4, -0.2) is 35.8 Å². The lowest BCUT2D eigenvalue weighted by atomic mass is 9.93. The third-order valence-electron chi connectivity index (χ3n) is 6.05. The summed E-state index contributed by atoms with van der Waals surface area (Å²) >= 11 is 0. The molecule has 0 fully saturated rings. The maximum atomic E-state index is 13.8. The minimum Gasteiger partial charge on any atom is -0.497 e. The quantitative estimate of drug-likeness (QED) is 0.285. The van der Waals surface area contributed by atoms with Crippen molar-refractivity contribution >= 4 is 28.3 Å². The van der Waals surface area contributed by atoms with Gasteiger partial charge in [-0.05, 0) is 48.0 Å². The van der Waals surface area contributed by atoms with E-state index in [4.69, 9.17) is 15.2 Å². The maximum absolute atomic E-state index is 13.8. The molecule has 2 aromatic heterocycles. The van der Waals surface area contributed by atoms with Gasteiger partial charge in [-0.3, -0.25) is 9.59 Å². The third kappa shape index (κ3) is 3.83. The lowest BCUT2D eigenvalue weighted by molar-refractivity contribution is 0.103. The van der Waals surface area contributed by atoms with Gasteiger partial charge in [0.05, 0.1) is 25.5 Å². The zero-order valence-electron chi connectivity index (χ0n) is 19.2. The van der Waals surface area contributed by atoms with E-state index >= 15 is 0 Å². The molecule has 7 heteroatoms. The second-order valence-corrected chi connectivity index (χ2v) is 8.03. The van der Waals surface area contributed by atoms with Gasteiger partial charge in [0, 0.05) is 33.8 Å². The molecule has 0 aliphatic carbocycles. The Morgan fingerprint density at radius 2 is 1.43 bits per heavy atom. The summed E-state index contributed by atoms with van der Waals surface area (Å²) in [7, 11) is 3.14. The SMILES string of the molecule is COc1ccc(C(=O)c2[nH]c(N)c(C(=O)c3c[nH]c4ccccc34)c2-c2ccc(OC)cc2)cc1. The number of hydrogen-bond acceptors (Lipinski definition) is 5. The minimum absolute atomic E-state index is 0.128. The minimum atomic E-state index is -0.289. The van der Waals surface area contributed by atoms with Crippen molar-refractivity contribution in [2.24, 2.45) is 0 Å². The van der Waals surface area contributed by atoms with Crippen LogP contribution in [0, 0.1) is 0 Å². The van der Waals surface area contributed by atoms with E-state index in [9.17, 15) is 9.59 Å². The van der Waals surface area contributed by atoms with Gasteiger partial charge < -0.3 is 25.2 Å². The molecule has 0 aliphatic rings. The second kappa shape index (κ2) is 8.87. The number of rotatable bonds is 7. The normalized spacial score (nSPS) is 10.9. The molecule has 0 atom stereocenters. The summed E-state index contributed by atoms with van der Waals surface area (Å²) in [5.41, 5.74) is 9.71. The molecule has 7 nitrogen and oxygen atoms in total. The Morgan fingerprint density at radius 3 is 2.09 bits per heavy atom. The van der Waals surface area contributed by atoms with Crippen molar-refractivity contribution < 1.29 is 19.1 Å². The van der Waals surface area contributed by atoms with Crippen molar-refractivity contribution in [3.05, 3.63) is 101 Å². The highest BCUT2D eigenvalue weighted by Crippen LogP contribution is 2.37. The molecular weight excluding hydrogens is 442 g/mol. The predicted octanol–water partition coefficient (Wildman–Crippen LogP) is 5.22. The molecule has 5 aromatic rings. The van der Waals surface area contributed by atoms with E-state index in [1.807, 2.05) is 24.3 Å². The van der Waals surface area contributed by atoms with Crippen LogP contribution in [0.25, 0.3) is 22.0 Å². The molecule has 2 heterocycles. The third-order valence-corrected chi connectivity index (χ3v) is 6.05. The summed E-state index contributed by atoms with van der Waals surface area (Å²) in [5.74, 6) is 0.852. The summed E-state index contributed by atoms with van der Waals surface area (Å²) in [6.07, 6.45) is 1.67. The van der Waals surface area contributed by atoms with E-state index in [0.29, 0.717) is 33.8 Å². The standard InChI is InChI=1S/C28H23N3O4/c1-34-18-11-7-16(8-12-18)23-24(27(33)21-15-30-22-6-4-3-5-20(21)22)28(29)31-25(23)26(32)17-9-13-19(35-2)14-10-17/h3-15,30-31H,29H2,1-2H3. The van der Waals surface area contributed by atoms with Crippen LogP contribution >= 0.6 is 0 Å². The van der Waals surface area contributed by atoms with Gasteiger partial charge in [0.15, 0.2) is 5.78 Å². The Balaban J connectivity index is 1.69. The Bertz CT molecular complexity index is 1540. The number of ketones is 2. The number of fused-ring (bicyclic) bond motifs is 1. The molecular formula is C28H23N3O4. The number of ether oxygens (including phenoxy) is 2. The number of anilines is 1. The van der Waals surface area contributed by atoms with E-state index in [2.05, 4.69) is 9.97 Å². The number of carbonyl (C=O) groups is 2. The van der Waals surface area contributed by atoms with Gasteiger partial charge in [-0.1, -0.05) is 30.3 Å². The van der Waals surface area contributed by atoms with Crippen molar-refractivity contribution in [1.29, 1.82) is 0 Å². The fourth-order valence-electron chi connectivity index (χ4n) is 4.25. The van der Waals surface area contributed by atoms with E-state index in [0.717, 1.165) is 10.9 Å². The number of aromatic amines is 2. The van der Waals surface area contributed by atoms with Crippen molar-refractivity contribution in [2.45, 2.75) is 0 Å². The number of aromatic nitrogens is 2. The largest absolute Gasteiger partial charge is 0.497 e. The van der Waals surface area contributed by atoms with Gasteiger partial charge in [0.25, 0.3) is 0 Å². The fraction of sp³-hybridized carbons (Fsp3) is 0.0714. The highest BCUT2D eigenvalue weighted by molar-refractivity contribution is 6.24. The number of para-hydroxylation sites is 1. The summed E-state index contributed by atoms with van der Waals surface area (Å²) in [6.45, 7) is 0. The van der Waals surface area contributed by atoms with E-state index < -0.39 is 0 Å². The molecule has 0 bridgehead atoms. The fourth-order valence-corrected chi connectivity index (χ4v) is 4.25. The first kappa shape index (κ1) is 22.0. The van der Waals surface area contributed by atoms with Gasteiger partial charge in [-0.15, -0.1) is 0 Å². The van der Waals surface area contributed by atoms with Gasteiger partial charge >= 0.3 is 0 Å². The van der Waals surface area contributed by atoms with Crippen molar-refractivity contribution in [3.8, 4) is 22.6 Å². The molecule has 174 valence electrons. The maximum Gasteiger partial charge on any atom is 0.209 e. The van der Waals surface area contributed by atoms with Gasteiger partial charge in [-0.2, -0.15) is 0 Å². The first-order valence-corrected chi connectivity index (χ1v) is 11.0. The molecule has 4 N–H and O–H groups in total. The molecule has 0 aliphatic heterocycles. The Labute approximate surface area is 201 Å². The monoisotopic (exact) mass is 465 g/mol. The lowest BCUT2D eigenvalue weighted by Crippen LogP contribution is -2.06. The topological polar surface area (TPSA) is 110 Å². The van der Waals surface area contributed by atoms with Gasteiger partial charge in [-0.25, -0.2) is 0 Å². The summed E-state index contributed by atoms with van der Waals surface area (Å²) in [4.78, 5) is 33.5. The Hall–Kier alpha value is -4.78. The molecule has 0 spiro atoms. The number of H-pyrrole nitrogens is 2. The zero-order valence-corrected chi connectivity index (χ0v) is 19.2. The second-order valence-electron chi connectivity index (χ2n) is 8.03. The average molecular weight is 466 g/mol. The van der Waals surface area contributed by atoms with Crippen LogP contribution in [0.4, 0.5) is 5.82 Å². The number of nitrogens with one attached hydrogen (secondary N) is 2. The van der Waals surface area contributed by atoms with Gasteiger partial charge in [0.2, 0.25) is 5.78 Å². The van der Waals surface area contributed by atoms with Crippen LogP contribution in [-0.2, 0) is 0 Å². The number of hydrogen-bond donors (Lipinski definition) is 3. The number of carbonyl (C=O) groups excluding carboxylic acids is 2.